The summed E-state index contributed by atoms with van der Waals surface area (Å²) in [5.74, 6) is -0.250. The largest absolute Gasteiger partial charge is 0.497 e. The highest BCUT2D eigenvalue weighted by molar-refractivity contribution is 5.70. The standard InChI is InChI=1S/C17H24O3/c1-3-4-5-6-7-10-15(17(18)19)12-14-9-8-11-16(13-14)20-2/h3,8-9,11,13,15H,1,4-7,10,12H2,2H3,(H,18,19). The lowest BCUT2D eigenvalue weighted by Crippen LogP contribution is -2.16. The second-order valence-electron chi connectivity index (χ2n) is 5.02. The third-order valence-corrected chi connectivity index (χ3v) is 3.43. The molecule has 3 nitrogen and oxygen atoms in total. The number of allylic oxidation sites excluding steroid dienone is 1. The van der Waals surface area contributed by atoms with E-state index in [1.165, 1.54) is 0 Å². The molecule has 0 aliphatic carbocycles. The molecular weight excluding hydrogens is 252 g/mol. The zero-order valence-electron chi connectivity index (χ0n) is 12.2. The van der Waals surface area contributed by atoms with E-state index in [1.54, 1.807) is 7.11 Å². The Bertz CT molecular complexity index is 426. The Morgan fingerprint density at radius 1 is 1.40 bits per heavy atom. The topological polar surface area (TPSA) is 46.5 Å². The van der Waals surface area contributed by atoms with Gasteiger partial charge >= 0.3 is 5.97 Å². The number of carboxylic acid groups (broad SMARTS) is 1. The smallest absolute Gasteiger partial charge is 0.306 e. The van der Waals surface area contributed by atoms with Crippen molar-refractivity contribution in [1.29, 1.82) is 0 Å². The normalized spacial score (nSPS) is 11.8. The van der Waals surface area contributed by atoms with Gasteiger partial charge in [0.1, 0.15) is 5.75 Å². The minimum Gasteiger partial charge on any atom is -0.497 e. The summed E-state index contributed by atoms with van der Waals surface area (Å²) in [4.78, 5) is 11.3. The predicted molar refractivity (Wildman–Crippen MR) is 81.1 cm³/mol. The average molecular weight is 276 g/mol. The lowest BCUT2D eigenvalue weighted by molar-refractivity contribution is -0.142. The number of carboxylic acids is 1. The van der Waals surface area contributed by atoms with Gasteiger partial charge in [0.15, 0.2) is 0 Å². The first-order chi connectivity index (χ1) is 9.67. The van der Waals surface area contributed by atoms with Crippen LogP contribution in [0.3, 0.4) is 0 Å². The second-order valence-corrected chi connectivity index (χ2v) is 5.02. The van der Waals surface area contributed by atoms with E-state index in [2.05, 4.69) is 6.58 Å². The van der Waals surface area contributed by atoms with E-state index in [0.29, 0.717) is 6.42 Å². The maximum atomic E-state index is 11.3. The molecule has 1 N–H and O–H groups in total. The van der Waals surface area contributed by atoms with E-state index in [0.717, 1.165) is 43.4 Å². The molecule has 1 rings (SSSR count). The van der Waals surface area contributed by atoms with Crippen LogP contribution in [-0.2, 0) is 11.2 Å². The van der Waals surface area contributed by atoms with Crippen molar-refractivity contribution >= 4 is 5.97 Å². The van der Waals surface area contributed by atoms with Crippen molar-refractivity contribution in [1.82, 2.24) is 0 Å². The van der Waals surface area contributed by atoms with Crippen LogP contribution in [0.15, 0.2) is 36.9 Å². The molecule has 1 atom stereocenters. The van der Waals surface area contributed by atoms with Crippen LogP contribution in [0.4, 0.5) is 0 Å². The van der Waals surface area contributed by atoms with Crippen molar-refractivity contribution in [2.75, 3.05) is 7.11 Å². The molecule has 0 amide bonds. The van der Waals surface area contributed by atoms with E-state index in [-0.39, 0.29) is 5.92 Å². The summed E-state index contributed by atoms with van der Waals surface area (Å²) in [6.45, 7) is 3.69. The van der Waals surface area contributed by atoms with Gasteiger partial charge in [-0.3, -0.25) is 4.79 Å². The monoisotopic (exact) mass is 276 g/mol. The Labute approximate surface area is 121 Å². The second kappa shape index (κ2) is 9.18. The number of methoxy groups -OCH3 is 1. The summed E-state index contributed by atoms with van der Waals surface area (Å²) in [6, 6.07) is 7.63. The molecule has 0 saturated carbocycles. The van der Waals surface area contributed by atoms with Gasteiger partial charge in [0, 0.05) is 0 Å². The molecule has 20 heavy (non-hydrogen) atoms. The van der Waals surface area contributed by atoms with Gasteiger partial charge in [0.05, 0.1) is 13.0 Å². The highest BCUT2D eigenvalue weighted by atomic mass is 16.5. The highest BCUT2D eigenvalue weighted by Gasteiger charge is 2.17. The quantitative estimate of drug-likeness (QED) is 0.517. The Morgan fingerprint density at radius 2 is 2.20 bits per heavy atom. The summed E-state index contributed by atoms with van der Waals surface area (Å²) >= 11 is 0. The maximum Gasteiger partial charge on any atom is 0.306 e. The zero-order valence-corrected chi connectivity index (χ0v) is 12.2. The van der Waals surface area contributed by atoms with Crippen LogP contribution in [0.2, 0.25) is 0 Å². The van der Waals surface area contributed by atoms with Gasteiger partial charge in [-0.1, -0.05) is 31.1 Å². The molecule has 0 heterocycles. The lowest BCUT2D eigenvalue weighted by Gasteiger charge is -2.13. The zero-order chi connectivity index (χ0) is 14.8. The van der Waals surface area contributed by atoms with Crippen molar-refractivity contribution in [3.05, 3.63) is 42.5 Å². The molecule has 0 bridgehead atoms. The van der Waals surface area contributed by atoms with E-state index in [9.17, 15) is 9.90 Å². The molecule has 0 aliphatic heterocycles. The molecule has 0 saturated heterocycles. The highest BCUT2D eigenvalue weighted by Crippen LogP contribution is 2.20. The Morgan fingerprint density at radius 3 is 2.85 bits per heavy atom. The van der Waals surface area contributed by atoms with Crippen LogP contribution >= 0.6 is 0 Å². The van der Waals surface area contributed by atoms with Crippen LogP contribution in [0, 0.1) is 5.92 Å². The van der Waals surface area contributed by atoms with Gasteiger partial charge in [0.2, 0.25) is 0 Å². The molecule has 0 radical (unpaired) electrons. The molecule has 0 fully saturated rings. The summed E-state index contributed by atoms with van der Waals surface area (Å²) in [5, 5.41) is 9.32. The van der Waals surface area contributed by atoms with Gasteiger partial charge in [0.25, 0.3) is 0 Å². The fraction of sp³-hybridized carbons (Fsp3) is 0.471. The number of benzene rings is 1. The molecule has 1 unspecified atom stereocenters. The summed E-state index contributed by atoms with van der Waals surface area (Å²) < 4.78 is 5.17. The van der Waals surface area contributed by atoms with Gasteiger partial charge in [-0.2, -0.15) is 0 Å². The summed E-state index contributed by atoms with van der Waals surface area (Å²) in [6.07, 6.45) is 7.31. The van der Waals surface area contributed by atoms with Crippen molar-refractivity contribution in [2.45, 2.75) is 38.5 Å². The number of hydrogen-bond acceptors (Lipinski definition) is 2. The number of carbonyl (C=O) groups is 1. The third-order valence-electron chi connectivity index (χ3n) is 3.43. The van der Waals surface area contributed by atoms with Gasteiger partial charge < -0.3 is 9.84 Å². The van der Waals surface area contributed by atoms with E-state index >= 15 is 0 Å². The average Bonchev–Trinajstić information content (AvgIpc) is 2.45. The number of ether oxygens (including phenoxy) is 1. The first-order valence-electron chi connectivity index (χ1n) is 7.14. The van der Waals surface area contributed by atoms with E-state index in [1.807, 2.05) is 30.3 Å². The van der Waals surface area contributed by atoms with E-state index in [4.69, 9.17) is 4.74 Å². The van der Waals surface area contributed by atoms with Crippen molar-refractivity contribution in [3.63, 3.8) is 0 Å². The number of rotatable bonds is 10. The van der Waals surface area contributed by atoms with Crippen molar-refractivity contribution < 1.29 is 14.6 Å². The van der Waals surface area contributed by atoms with Crippen molar-refractivity contribution in [3.8, 4) is 5.75 Å². The molecule has 110 valence electrons. The Hall–Kier alpha value is -1.77. The van der Waals surface area contributed by atoms with Crippen LogP contribution in [0.25, 0.3) is 0 Å². The van der Waals surface area contributed by atoms with Crippen LogP contribution in [0.5, 0.6) is 5.75 Å². The first kappa shape index (κ1) is 16.3. The van der Waals surface area contributed by atoms with Gasteiger partial charge in [-0.15, -0.1) is 6.58 Å². The Balaban J connectivity index is 2.49. The van der Waals surface area contributed by atoms with Gasteiger partial charge in [-0.05, 0) is 43.4 Å². The van der Waals surface area contributed by atoms with E-state index < -0.39 is 5.97 Å². The summed E-state index contributed by atoms with van der Waals surface area (Å²) in [7, 11) is 1.62. The molecule has 3 heteroatoms. The maximum absolute atomic E-state index is 11.3. The molecule has 0 spiro atoms. The van der Waals surface area contributed by atoms with Crippen LogP contribution in [0.1, 0.15) is 37.7 Å². The third kappa shape index (κ3) is 5.91. The molecular formula is C17H24O3. The molecule has 1 aromatic carbocycles. The predicted octanol–water partition coefficient (Wildman–Crippen LogP) is 4.08. The minimum atomic E-state index is -0.712. The summed E-state index contributed by atoms with van der Waals surface area (Å²) in [5.41, 5.74) is 1.02. The first-order valence-corrected chi connectivity index (χ1v) is 7.14. The SMILES string of the molecule is C=CCCCCCC(Cc1cccc(OC)c1)C(=O)O. The lowest BCUT2D eigenvalue weighted by atomic mass is 9.93. The van der Waals surface area contributed by atoms with Crippen LogP contribution < -0.4 is 4.74 Å². The number of hydrogen-bond donors (Lipinski definition) is 1. The van der Waals surface area contributed by atoms with Gasteiger partial charge in [-0.25, -0.2) is 0 Å². The Kier molecular flexibility index (Phi) is 7.48. The fourth-order valence-corrected chi connectivity index (χ4v) is 2.25. The fourth-order valence-electron chi connectivity index (χ4n) is 2.25. The molecule has 0 aromatic heterocycles. The number of aliphatic carboxylic acids is 1. The molecule has 0 aliphatic rings. The van der Waals surface area contributed by atoms with Crippen molar-refractivity contribution in [2.24, 2.45) is 5.92 Å². The molecule has 1 aromatic rings. The number of unbranched alkanes of at least 4 members (excludes halogenated alkanes) is 3. The minimum absolute atomic E-state index is 0.314. The van der Waals surface area contributed by atoms with Crippen LogP contribution in [-0.4, -0.2) is 18.2 Å².